The Morgan fingerprint density at radius 1 is 0.889 bits per heavy atom. The highest BCUT2D eigenvalue weighted by molar-refractivity contribution is 7.08. The van der Waals surface area contributed by atoms with E-state index in [0.717, 1.165) is 55.6 Å². The molecule has 4 heterocycles. The lowest BCUT2D eigenvalue weighted by atomic mass is 10.2. The molecule has 0 unspecified atom stereocenters. The Bertz CT molecular complexity index is 1020. The maximum atomic E-state index is 4.83. The number of rotatable bonds is 4. The van der Waals surface area contributed by atoms with Gasteiger partial charge in [0.1, 0.15) is 5.82 Å². The lowest BCUT2D eigenvalue weighted by Gasteiger charge is -2.35. The SMILES string of the molecule is c1ccc(CN2CCN(c3ccc4nnc(-c5ccsc5)n4n3)CC2)cc1. The number of piperazine rings is 1. The van der Waals surface area contributed by atoms with Crippen molar-refractivity contribution in [2.75, 3.05) is 31.1 Å². The van der Waals surface area contributed by atoms with Gasteiger partial charge >= 0.3 is 0 Å². The molecule has 0 saturated carbocycles. The maximum Gasteiger partial charge on any atom is 0.186 e. The van der Waals surface area contributed by atoms with Crippen LogP contribution >= 0.6 is 11.3 Å². The quantitative estimate of drug-likeness (QED) is 0.548. The summed E-state index contributed by atoms with van der Waals surface area (Å²) in [5.41, 5.74) is 3.21. The van der Waals surface area contributed by atoms with Crippen LogP contribution in [0.3, 0.4) is 0 Å². The summed E-state index contributed by atoms with van der Waals surface area (Å²) < 4.78 is 1.85. The van der Waals surface area contributed by atoms with E-state index in [9.17, 15) is 0 Å². The van der Waals surface area contributed by atoms with Gasteiger partial charge in [0.05, 0.1) is 0 Å². The fraction of sp³-hybridized carbons (Fsp3) is 0.250. The first-order chi connectivity index (χ1) is 13.4. The second-order valence-electron chi connectivity index (χ2n) is 6.75. The van der Waals surface area contributed by atoms with E-state index in [2.05, 4.69) is 61.8 Å². The van der Waals surface area contributed by atoms with Gasteiger partial charge in [-0.2, -0.15) is 15.9 Å². The Morgan fingerprint density at radius 2 is 1.74 bits per heavy atom. The highest BCUT2D eigenvalue weighted by atomic mass is 32.1. The van der Waals surface area contributed by atoms with Gasteiger partial charge in [0.25, 0.3) is 0 Å². The van der Waals surface area contributed by atoms with Crippen molar-refractivity contribution >= 4 is 22.8 Å². The van der Waals surface area contributed by atoms with Crippen LogP contribution in [0.4, 0.5) is 5.82 Å². The average Bonchev–Trinajstić information content (AvgIpc) is 3.38. The molecule has 5 rings (SSSR count). The summed E-state index contributed by atoms with van der Waals surface area (Å²) in [5, 5.41) is 17.5. The molecule has 7 heteroatoms. The molecule has 0 bridgehead atoms. The molecular weight excluding hydrogens is 356 g/mol. The molecule has 0 amide bonds. The van der Waals surface area contributed by atoms with E-state index in [1.165, 1.54) is 5.56 Å². The van der Waals surface area contributed by atoms with E-state index in [4.69, 9.17) is 5.10 Å². The van der Waals surface area contributed by atoms with E-state index >= 15 is 0 Å². The number of fused-ring (bicyclic) bond motifs is 1. The Balaban J connectivity index is 1.32. The Morgan fingerprint density at radius 3 is 2.52 bits per heavy atom. The number of anilines is 1. The van der Waals surface area contributed by atoms with Crippen molar-refractivity contribution in [2.45, 2.75) is 6.54 Å². The molecule has 0 atom stereocenters. The van der Waals surface area contributed by atoms with Gasteiger partial charge in [-0.1, -0.05) is 30.3 Å². The van der Waals surface area contributed by atoms with Gasteiger partial charge in [-0.05, 0) is 29.1 Å². The summed E-state index contributed by atoms with van der Waals surface area (Å²) in [4.78, 5) is 4.85. The van der Waals surface area contributed by atoms with Crippen LogP contribution in [0.2, 0.25) is 0 Å². The van der Waals surface area contributed by atoms with Gasteiger partial charge in [-0.25, -0.2) is 0 Å². The van der Waals surface area contributed by atoms with Crippen LogP contribution in [0.1, 0.15) is 5.56 Å². The summed E-state index contributed by atoms with van der Waals surface area (Å²) in [5.74, 6) is 1.79. The third-order valence-corrected chi connectivity index (χ3v) is 5.66. The number of thiophene rings is 1. The molecule has 1 aliphatic rings. The summed E-state index contributed by atoms with van der Waals surface area (Å²) in [7, 11) is 0. The molecule has 0 N–H and O–H groups in total. The van der Waals surface area contributed by atoms with E-state index in [0.29, 0.717) is 0 Å². The average molecular weight is 376 g/mol. The van der Waals surface area contributed by atoms with Crippen LogP contribution in [0, 0.1) is 0 Å². The zero-order valence-corrected chi connectivity index (χ0v) is 15.7. The third-order valence-electron chi connectivity index (χ3n) is 4.97. The zero-order chi connectivity index (χ0) is 18.1. The number of aromatic nitrogens is 4. The molecule has 0 spiro atoms. The largest absolute Gasteiger partial charge is 0.353 e. The highest BCUT2D eigenvalue weighted by Gasteiger charge is 2.19. The third kappa shape index (κ3) is 3.31. The van der Waals surface area contributed by atoms with Gasteiger partial charge in [0.15, 0.2) is 11.5 Å². The minimum atomic E-state index is 0.780. The summed E-state index contributed by atoms with van der Waals surface area (Å²) in [6.07, 6.45) is 0. The Labute approximate surface area is 161 Å². The van der Waals surface area contributed by atoms with Crippen molar-refractivity contribution in [1.82, 2.24) is 24.7 Å². The first-order valence-electron chi connectivity index (χ1n) is 9.13. The Hall–Kier alpha value is -2.77. The van der Waals surface area contributed by atoms with Crippen LogP contribution in [0.5, 0.6) is 0 Å². The molecule has 1 aromatic carbocycles. The Kier molecular flexibility index (Phi) is 4.31. The lowest BCUT2D eigenvalue weighted by Crippen LogP contribution is -2.46. The van der Waals surface area contributed by atoms with Gasteiger partial charge in [0.2, 0.25) is 0 Å². The highest BCUT2D eigenvalue weighted by Crippen LogP contribution is 2.22. The van der Waals surface area contributed by atoms with E-state index in [-0.39, 0.29) is 0 Å². The van der Waals surface area contributed by atoms with Crippen molar-refractivity contribution in [3.05, 3.63) is 64.9 Å². The van der Waals surface area contributed by atoms with E-state index in [1.54, 1.807) is 11.3 Å². The summed E-state index contributed by atoms with van der Waals surface area (Å²) in [6.45, 7) is 5.03. The maximum absolute atomic E-state index is 4.83. The van der Waals surface area contributed by atoms with Crippen molar-refractivity contribution in [2.24, 2.45) is 0 Å². The van der Waals surface area contributed by atoms with Crippen LogP contribution in [-0.2, 0) is 6.54 Å². The van der Waals surface area contributed by atoms with Crippen molar-refractivity contribution in [3.63, 3.8) is 0 Å². The topological polar surface area (TPSA) is 49.6 Å². The number of benzene rings is 1. The number of hydrogen-bond acceptors (Lipinski definition) is 6. The normalized spacial score (nSPS) is 15.5. The lowest BCUT2D eigenvalue weighted by molar-refractivity contribution is 0.249. The zero-order valence-electron chi connectivity index (χ0n) is 14.9. The monoisotopic (exact) mass is 376 g/mol. The van der Waals surface area contributed by atoms with Crippen molar-refractivity contribution in [1.29, 1.82) is 0 Å². The molecule has 0 radical (unpaired) electrons. The number of hydrogen-bond donors (Lipinski definition) is 0. The number of nitrogens with zero attached hydrogens (tertiary/aromatic N) is 6. The molecule has 27 heavy (non-hydrogen) atoms. The molecule has 1 fully saturated rings. The van der Waals surface area contributed by atoms with Gasteiger partial charge in [-0.3, -0.25) is 4.90 Å². The molecule has 1 aliphatic heterocycles. The fourth-order valence-electron chi connectivity index (χ4n) is 3.50. The van der Waals surface area contributed by atoms with E-state index < -0.39 is 0 Å². The molecule has 136 valence electrons. The van der Waals surface area contributed by atoms with Crippen molar-refractivity contribution < 1.29 is 0 Å². The van der Waals surface area contributed by atoms with Crippen LogP contribution in [-0.4, -0.2) is 50.9 Å². The standard InChI is InChI=1S/C20H20N6S/c1-2-4-16(5-3-1)14-24-9-11-25(12-10-24)19-7-6-18-21-22-20(26(18)23-19)17-8-13-27-15-17/h1-8,13,15H,9-12,14H2. The van der Waals surface area contributed by atoms with Crippen molar-refractivity contribution in [3.8, 4) is 11.4 Å². The van der Waals surface area contributed by atoms with Crippen LogP contribution < -0.4 is 4.90 Å². The molecule has 0 aliphatic carbocycles. The minimum absolute atomic E-state index is 0.780. The summed E-state index contributed by atoms with van der Waals surface area (Å²) >= 11 is 1.65. The minimum Gasteiger partial charge on any atom is -0.353 e. The smallest absolute Gasteiger partial charge is 0.186 e. The second-order valence-corrected chi connectivity index (χ2v) is 7.53. The molecule has 3 aromatic heterocycles. The van der Waals surface area contributed by atoms with Crippen LogP contribution in [0.15, 0.2) is 59.3 Å². The first-order valence-corrected chi connectivity index (χ1v) is 10.1. The molecule has 4 aromatic rings. The second kappa shape index (κ2) is 7.09. The predicted octanol–water partition coefficient (Wildman–Crippen LogP) is 3.18. The van der Waals surface area contributed by atoms with Gasteiger partial charge < -0.3 is 4.90 Å². The predicted molar refractivity (Wildman–Crippen MR) is 108 cm³/mol. The van der Waals surface area contributed by atoms with Gasteiger partial charge in [-0.15, -0.1) is 15.3 Å². The molecular formula is C20H20N6S. The molecule has 6 nitrogen and oxygen atoms in total. The van der Waals surface area contributed by atoms with Crippen LogP contribution in [0.25, 0.3) is 17.0 Å². The van der Waals surface area contributed by atoms with E-state index in [1.807, 2.05) is 22.0 Å². The van der Waals surface area contributed by atoms with Gasteiger partial charge in [0, 0.05) is 43.7 Å². The first kappa shape index (κ1) is 16.4. The molecule has 1 saturated heterocycles. The fourth-order valence-corrected chi connectivity index (χ4v) is 4.13. The summed E-state index contributed by atoms with van der Waals surface area (Å²) in [6, 6.07) is 16.8.